The van der Waals surface area contributed by atoms with Gasteiger partial charge in [-0.3, -0.25) is 0 Å². The van der Waals surface area contributed by atoms with E-state index in [1.807, 2.05) is 25.9 Å². The van der Waals surface area contributed by atoms with Gasteiger partial charge in [0.1, 0.15) is 5.82 Å². The van der Waals surface area contributed by atoms with Gasteiger partial charge in [-0.2, -0.15) is 0 Å². The first-order valence-electron chi connectivity index (χ1n) is 11.5. The lowest BCUT2D eigenvalue weighted by Gasteiger charge is -2.34. The predicted octanol–water partition coefficient (Wildman–Crippen LogP) is 0.959. The largest absolute Gasteiger partial charge is 0.395 e. The number of carbonyl (C=O) groups excluding carboxylic acids is 1. The number of morpholine rings is 1. The highest BCUT2D eigenvalue weighted by Crippen LogP contribution is 2.25. The second kappa shape index (κ2) is 12.2. The normalized spacial score (nSPS) is 16.4. The maximum atomic E-state index is 12.4. The fourth-order valence-corrected chi connectivity index (χ4v) is 4.63. The zero-order valence-electron chi connectivity index (χ0n) is 20.4. The summed E-state index contributed by atoms with van der Waals surface area (Å²) in [6, 6.07) is 8.52. The molecule has 1 atom stereocenters. The van der Waals surface area contributed by atoms with Gasteiger partial charge in [0.25, 0.3) is 0 Å². The maximum Gasteiger partial charge on any atom is 0.319 e. The summed E-state index contributed by atoms with van der Waals surface area (Å²) in [5.74, 6) is 0.397. The molecular formula is C23H34N6O5S. The Morgan fingerprint density at radius 3 is 2.66 bits per heavy atom. The van der Waals surface area contributed by atoms with Gasteiger partial charge in [0, 0.05) is 37.0 Å². The summed E-state index contributed by atoms with van der Waals surface area (Å²) in [6.07, 6.45) is 0. The molecule has 3 N–H and O–H groups in total. The van der Waals surface area contributed by atoms with Crippen molar-refractivity contribution in [1.29, 1.82) is 0 Å². The zero-order chi connectivity index (χ0) is 25.4. The van der Waals surface area contributed by atoms with Crippen LogP contribution < -0.4 is 15.5 Å². The van der Waals surface area contributed by atoms with E-state index in [1.165, 1.54) is 0 Å². The number of aliphatic hydroxyl groups excluding tert-OH is 1. The van der Waals surface area contributed by atoms with Crippen molar-refractivity contribution in [2.45, 2.75) is 18.7 Å². The van der Waals surface area contributed by atoms with Crippen LogP contribution in [0.2, 0.25) is 0 Å². The Kier molecular flexibility index (Phi) is 9.38. The molecule has 2 amide bonds. The van der Waals surface area contributed by atoms with Gasteiger partial charge in [0.05, 0.1) is 43.1 Å². The minimum atomic E-state index is -3.52. The summed E-state index contributed by atoms with van der Waals surface area (Å²) in [7, 11) is 0.347. The number of benzene rings is 1. The van der Waals surface area contributed by atoms with Gasteiger partial charge in [0.2, 0.25) is 0 Å². The number of carbonyl (C=O) groups is 1. The van der Waals surface area contributed by atoms with E-state index in [4.69, 9.17) is 14.8 Å². The highest BCUT2D eigenvalue weighted by molar-refractivity contribution is 7.90. The third-order valence-corrected chi connectivity index (χ3v) is 6.98. The van der Waals surface area contributed by atoms with E-state index >= 15 is 0 Å². The first-order valence-corrected chi connectivity index (χ1v) is 13.3. The van der Waals surface area contributed by atoms with Gasteiger partial charge in [-0.25, -0.2) is 23.2 Å². The van der Waals surface area contributed by atoms with Crippen LogP contribution in [-0.4, -0.2) is 99.8 Å². The number of urea groups is 1. The number of aliphatic hydroxyl groups is 1. The number of likely N-dealkylation sites (N-methyl/N-ethyl adjacent to an activating group) is 1. The molecule has 0 bridgehead atoms. The summed E-state index contributed by atoms with van der Waals surface area (Å²) >= 11 is 0. The number of anilines is 2. The molecule has 35 heavy (non-hydrogen) atoms. The van der Waals surface area contributed by atoms with E-state index in [0.29, 0.717) is 54.9 Å². The maximum absolute atomic E-state index is 12.4. The molecule has 11 nitrogen and oxygen atoms in total. The van der Waals surface area contributed by atoms with E-state index in [-0.39, 0.29) is 23.6 Å². The number of hydrogen-bond donors (Lipinski definition) is 3. The van der Waals surface area contributed by atoms with Gasteiger partial charge >= 0.3 is 6.03 Å². The molecule has 1 aromatic carbocycles. The van der Waals surface area contributed by atoms with Crippen molar-refractivity contribution in [3.63, 3.8) is 0 Å². The van der Waals surface area contributed by atoms with Crippen molar-refractivity contribution in [3.05, 3.63) is 36.0 Å². The van der Waals surface area contributed by atoms with Crippen molar-refractivity contribution in [2.75, 3.05) is 69.5 Å². The molecule has 1 aromatic heterocycles. The molecule has 192 valence electrons. The molecule has 0 aliphatic carbocycles. The average molecular weight is 507 g/mol. The summed E-state index contributed by atoms with van der Waals surface area (Å²) in [4.78, 5) is 25.3. The standard InChI is InChI=1S/C23H34N6O5S/c1-17-15-34-12-10-29(17)21-14-20(16-35(32,33)13-11-30)25-22(27-21)18-4-6-19(7-5-18)26-23(31)24-8-9-28(2)3/h4-7,14,17,30H,8-13,15-16H2,1-3H3,(H2,24,26,31)/t17-/m0/s1. The molecule has 1 saturated heterocycles. The smallest absolute Gasteiger partial charge is 0.319 e. The molecule has 2 heterocycles. The van der Waals surface area contributed by atoms with E-state index in [0.717, 1.165) is 6.54 Å². The van der Waals surface area contributed by atoms with Crippen LogP contribution in [-0.2, 0) is 20.3 Å². The van der Waals surface area contributed by atoms with Gasteiger partial charge in [0.15, 0.2) is 15.7 Å². The Morgan fingerprint density at radius 1 is 1.26 bits per heavy atom. The van der Waals surface area contributed by atoms with Crippen LogP contribution in [0.25, 0.3) is 11.4 Å². The molecule has 0 saturated carbocycles. The Labute approximate surface area is 206 Å². The third-order valence-electron chi connectivity index (χ3n) is 5.44. The average Bonchev–Trinajstić information content (AvgIpc) is 2.79. The third kappa shape index (κ3) is 8.13. The molecule has 1 aliphatic rings. The van der Waals surface area contributed by atoms with Crippen LogP contribution >= 0.6 is 0 Å². The van der Waals surface area contributed by atoms with E-state index in [9.17, 15) is 13.2 Å². The highest BCUT2D eigenvalue weighted by Gasteiger charge is 2.23. The number of amides is 2. The molecule has 2 aromatic rings. The van der Waals surface area contributed by atoms with Gasteiger partial charge in [-0.15, -0.1) is 0 Å². The fraction of sp³-hybridized carbons (Fsp3) is 0.522. The predicted molar refractivity (Wildman–Crippen MR) is 135 cm³/mol. The number of sulfone groups is 1. The van der Waals surface area contributed by atoms with Crippen LogP contribution in [0, 0.1) is 0 Å². The van der Waals surface area contributed by atoms with Crippen molar-refractivity contribution in [1.82, 2.24) is 20.2 Å². The molecule has 0 spiro atoms. The Balaban J connectivity index is 1.83. The summed E-state index contributed by atoms with van der Waals surface area (Å²) in [5.41, 5.74) is 1.66. The lowest BCUT2D eigenvalue weighted by atomic mass is 10.2. The molecule has 0 unspecified atom stereocenters. The summed E-state index contributed by atoms with van der Waals surface area (Å²) < 4.78 is 30.2. The topological polar surface area (TPSA) is 137 Å². The van der Waals surface area contributed by atoms with E-state index in [1.54, 1.807) is 30.3 Å². The van der Waals surface area contributed by atoms with Crippen molar-refractivity contribution >= 4 is 27.4 Å². The van der Waals surface area contributed by atoms with Crippen LogP contribution in [0.4, 0.5) is 16.3 Å². The van der Waals surface area contributed by atoms with Gasteiger partial charge in [-0.1, -0.05) is 0 Å². The summed E-state index contributed by atoms with van der Waals surface area (Å²) in [5, 5.41) is 14.7. The van der Waals surface area contributed by atoms with Crippen LogP contribution in [0.15, 0.2) is 30.3 Å². The van der Waals surface area contributed by atoms with Gasteiger partial charge in [-0.05, 0) is 45.3 Å². The number of nitrogens with zero attached hydrogens (tertiary/aromatic N) is 4. The molecule has 3 rings (SSSR count). The van der Waals surface area contributed by atoms with E-state index < -0.39 is 16.4 Å². The zero-order valence-corrected chi connectivity index (χ0v) is 21.2. The van der Waals surface area contributed by atoms with Crippen LogP contribution in [0.3, 0.4) is 0 Å². The number of rotatable bonds is 10. The molecule has 0 radical (unpaired) electrons. The number of ether oxygens (including phenoxy) is 1. The lowest BCUT2D eigenvalue weighted by Crippen LogP contribution is -2.44. The van der Waals surface area contributed by atoms with E-state index in [2.05, 4.69) is 20.5 Å². The highest BCUT2D eigenvalue weighted by atomic mass is 32.2. The molecule has 1 aliphatic heterocycles. The SMILES string of the molecule is C[C@H]1COCCN1c1cc(CS(=O)(=O)CCO)nc(-c2ccc(NC(=O)NCCN(C)C)cc2)n1. The van der Waals surface area contributed by atoms with Crippen molar-refractivity contribution in [3.8, 4) is 11.4 Å². The molecule has 12 heteroatoms. The fourth-order valence-electron chi connectivity index (χ4n) is 3.61. The minimum absolute atomic E-state index is 0.0750. The number of nitrogens with one attached hydrogen (secondary N) is 2. The van der Waals surface area contributed by atoms with Crippen molar-refractivity contribution in [2.24, 2.45) is 0 Å². The lowest BCUT2D eigenvalue weighted by molar-refractivity contribution is 0.0985. The van der Waals surface area contributed by atoms with Crippen LogP contribution in [0.5, 0.6) is 0 Å². The number of aromatic nitrogens is 2. The molecule has 1 fully saturated rings. The van der Waals surface area contributed by atoms with Crippen molar-refractivity contribution < 1.29 is 23.1 Å². The Hall–Kier alpha value is -2.80. The van der Waals surface area contributed by atoms with Gasteiger partial charge < -0.3 is 30.3 Å². The monoisotopic (exact) mass is 506 g/mol. The minimum Gasteiger partial charge on any atom is -0.395 e. The Bertz CT molecular complexity index is 1090. The van der Waals surface area contributed by atoms with Crippen LogP contribution in [0.1, 0.15) is 12.6 Å². The second-order valence-electron chi connectivity index (χ2n) is 8.74. The summed E-state index contributed by atoms with van der Waals surface area (Å²) in [6.45, 7) is 4.58. The Morgan fingerprint density at radius 2 is 2.00 bits per heavy atom. The first kappa shape index (κ1) is 26.8. The first-order chi connectivity index (χ1) is 16.7. The molecular weight excluding hydrogens is 472 g/mol. The quantitative estimate of drug-likeness (QED) is 0.430. The number of hydrogen-bond acceptors (Lipinski definition) is 9. The second-order valence-corrected chi connectivity index (χ2v) is 10.9.